The summed E-state index contributed by atoms with van der Waals surface area (Å²) in [5.41, 5.74) is 1.07. The lowest BCUT2D eigenvalue weighted by molar-refractivity contribution is -0.286. The van der Waals surface area contributed by atoms with Gasteiger partial charge in [0.25, 0.3) is 5.91 Å². The Morgan fingerprint density at radius 2 is 1.76 bits per heavy atom. The Labute approximate surface area is 163 Å². The standard InChI is InChI=1S/C19H15F2NO7/c20-19(21)28-14-5-3-12(8-16(14)29-19)22-17(23)9-25-18(24)6-2-11-1-4-13-15(7-11)27-10-26-13/h1,3-5,7-8H,2,6,9-10H2,(H,22,23). The maximum Gasteiger partial charge on any atom is 0.586 e. The van der Waals surface area contributed by atoms with Gasteiger partial charge in [-0.3, -0.25) is 9.59 Å². The zero-order valence-electron chi connectivity index (χ0n) is 14.9. The maximum atomic E-state index is 13.0. The van der Waals surface area contributed by atoms with E-state index in [0.29, 0.717) is 17.9 Å². The number of aryl methyl sites for hydroxylation is 1. The molecule has 2 aromatic rings. The summed E-state index contributed by atoms with van der Waals surface area (Å²) in [7, 11) is 0. The van der Waals surface area contributed by atoms with Crippen LogP contribution in [0.3, 0.4) is 0 Å². The molecule has 10 heteroatoms. The number of hydrogen-bond acceptors (Lipinski definition) is 7. The SMILES string of the molecule is O=C(COC(=O)CCc1ccc2c(c1)OCO2)Nc1ccc2c(c1)OC(F)(F)O2. The van der Waals surface area contributed by atoms with E-state index in [1.807, 2.05) is 6.07 Å². The zero-order chi connectivity index (χ0) is 20.4. The van der Waals surface area contributed by atoms with E-state index in [9.17, 15) is 18.4 Å². The molecule has 0 fully saturated rings. The van der Waals surface area contributed by atoms with Crippen molar-refractivity contribution in [3.05, 3.63) is 42.0 Å². The van der Waals surface area contributed by atoms with Gasteiger partial charge in [-0.15, -0.1) is 8.78 Å². The Kier molecular flexibility index (Phi) is 4.83. The fourth-order valence-electron chi connectivity index (χ4n) is 2.78. The van der Waals surface area contributed by atoms with Crippen molar-refractivity contribution in [1.82, 2.24) is 0 Å². The molecule has 29 heavy (non-hydrogen) atoms. The molecule has 1 amide bonds. The molecule has 0 saturated heterocycles. The van der Waals surface area contributed by atoms with Gasteiger partial charge >= 0.3 is 12.3 Å². The number of amides is 1. The number of carbonyl (C=O) groups excluding carboxylic acids is 2. The molecule has 0 bridgehead atoms. The fourth-order valence-corrected chi connectivity index (χ4v) is 2.78. The third kappa shape index (κ3) is 4.48. The van der Waals surface area contributed by atoms with Crippen LogP contribution in [0.4, 0.5) is 14.5 Å². The van der Waals surface area contributed by atoms with Crippen LogP contribution in [-0.4, -0.2) is 31.6 Å². The molecule has 0 aliphatic carbocycles. The Hall–Kier alpha value is -3.56. The van der Waals surface area contributed by atoms with Crippen LogP contribution in [0.25, 0.3) is 0 Å². The molecule has 1 N–H and O–H groups in total. The minimum Gasteiger partial charge on any atom is -0.456 e. The quantitative estimate of drug-likeness (QED) is 0.736. The lowest BCUT2D eigenvalue weighted by Crippen LogP contribution is -2.25. The van der Waals surface area contributed by atoms with Crippen LogP contribution in [0, 0.1) is 0 Å². The molecular weight excluding hydrogens is 392 g/mol. The number of benzene rings is 2. The second kappa shape index (κ2) is 7.46. The van der Waals surface area contributed by atoms with E-state index in [-0.39, 0.29) is 30.4 Å². The average Bonchev–Trinajstić information content (AvgIpc) is 3.26. The summed E-state index contributed by atoms with van der Waals surface area (Å²) in [5, 5.41) is 2.43. The van der Waals surface area contributed by atoms with Gasteiger partial charge in [-0.2, -0.15) is 0 Å². The highest BCUT2D eigenvalue weighted by atomic mass is 19.3. The summed E-state index contributed by atoms with van der Waals surface area (Å²) < 4.78 is 50.0. The monoisotopic (exact) mass is 407 g/mol. The molecule has 0 radical (unpaired) electrons. The first kappa shape index (κ1) is 18.8. The number of anilines is 1. The fraction of sp³-hybridized carbons (Fsp3) is 0.263. The molecule has 0 spiro atoms. The van der Waals surface area contributed by atoms with Crippen LogP contribution in [0.2, 0.25) is 0 Å². The average molecular weight is 407 g/mol. The molecule has 152 valence electrons. The van der Waals surface area contributed by atoms with Crippen molar-refractivity contribution in [3.8, 4) is 23.0 Å². The summed E-state index contributed by atoms with van der Waals surface area (Å²) in [4.78, 5) is 23.8. The Bertz CT molecular complexity index is 964. The summed E-state index contributed by atoms with van der Waals surface area (Å²) >= 11 is 0. The van der Waals surface area contributed by atoms with Crippen molar-refractivity contribution in [1.29, 1.82) is 0 Å². The van der Waals surface area contributed by atoms with E-state index >= 15 is 0 Å². The first-order valence-corrected chi connectivity index (χ1v) is 8.62. The lowest BCUT2D eigenvalue weighted by atomic mass is 10.1. The second-order valence-corrected chi connectivity index (χ2v) is 6.23. The summed E-state index contributed by atoms with van der Waals surface area (Å²) in [6, 6.07) is 9.15. The highest BCUT2D eigenvalue weighted by molar-refractivity contribution is 5.93. The topological polar surface area (TPSA) is 92.3 Å². The van der Waals surface area contributed by atoms with E-state index in [1.54, 1.807) is 12.1 Å². The molecule has 8 nitrogen and oxygen atoms in total. The van der Waals surface area contributed by atoms with Gasteiger partial charge in [0.15, 0.2) is 29.6 Å². The van der Waals surface area contributed by atoms with Gasteiger partial charge in [0.05, 0.1) is 0 Å². The molecule has 2 aromatic carbocycles. The highest BCUT2D eigenvalue weighted by Gasteiger charge is 2.43. The largest absolute Gasteiger partial charge is 0.586 e. The van der Waals surface area contributed by atoms with E-state index in [2.05, 4.69) is 14.8 Å². The Morgan fingerprint density at radius 1 is 1.00 bits per heavy atom. The lowest BCUT2D eigenvalue weighted by Gasteiger charge is -2.07. The minimum absolute atomic E-state index is 0.0754. The van der Waals surface area contributed by atoms with Gasteiger partial charge in [0.2, 0.25) is 6.79 Å². The minimum atomic E-state index is -3.74. The van der Waals surface area contributed by atoms with E-state index in [0.717, 1.165) is 5.56 Å². The van der Waals surface area contributed by atoms with E-state index in [1.165, 1.54) is 18.2 Å². The molecule has 0 aromatic heterocycles. The number of alkyl halides is 2. The third-order valence-electron chi connectivity index (χ3n) is 4.10. The van der Waals surface area contributed by atoms with Crippen LogP contribution in [0.15, 0.2) is 36.4 Å². The number of hydrogen-bond donors (Lipinski definition) is 1. The van der Waals surface area contributed by atoms with Crippen molar-refractivity contribution < 1.29 is 42.1 Å². The molecule has 0 unspecified atom stereocenters. The molecule has 0 atom stereocenters. The van der Waals surface area contributed by atoms with Crippen molar-refractivity contribution in [2.75, 3.05) is 18.7 Å². The molecule has 2 aliphatic heterocycles. The zero-order valence-corrected chi connectivity index (χ0v) is 14.9. The van der Waals surface area contributed by atoms with Crippen LogP contribution < -0.4 is 24.3 Å². The summed E-state index contributed by atoms with van der Waals surface area (Å²) in [5.74, 6) is -0.233. The van der Waals surface area contributed by atoms with Crippen LogP contribution in [0.5, 0.6) is 23.0 Å². The smallest absolute Gasteiger partial charge is 0.456 e. The van der Waals surface area contributed by atoms with Crippen LogP contribution in [0.1, 0.15) is 12.0 Å². The third-order valence-corrected chi connectivity index (χ3v) is 4.10. The van der Waals surface area contributed by atoms with Gasteiger partial charge in [-0.1, -0.05) is 6.07 Å². The van der Waals surface area contributed by atoms with Gasteiger partial charge < -0.3 is 29.0 Å². The summed E-state index contributed by atoms with van der Waals surface area (Å²) in [6.07, 6.45) is -3.25. The molecule has 0 saturated carbocycles. The van der Waals surface area contributed by atoms with Crippen molar-refractivity contribution in [2.45, 2.75) is 19.1 Å². The van der Waals surface area contributed by atoms with Crippen molar-refractivity contribution >= 4 is 17.6 Å². The van der Waals surface area contributed by atoms with Crippen molar-refractivity contribution in [3.63, 3.8) is 0 Å². The second-order valence-electron chi connectivity index (χ2n) is 6.23. The van der Waals surface area contributed by atoms with Gasteiger partial charge in [-0.25, -0.2) is 0 Å². The molecule has 2 heterocycles. The first-order chi connectivity index (χ1) is 13.9. The number of esters is 1. The molecule has 2 aliphatic rings. The number of nitrogens with one attached hydrogen (secondary N) is 1. The van der Waals surface area contributed by atoms with Crippen LogP contribution in [-0.2, 0) is 20.7 Å². The number of carbonyl (C=O) groups is 2. The highest BCUT2D eigenvalue weighted by Crippen LogP contribution is 2.42. The predicted octanol–water partition coefficient (Wildman–Crippen LogP) is 2.85. The number of halogens is 2. The first-order valence-electron chi connectivity index (χ1n) is 8.62. The molecule has 4 rings (SSSR count). The van der Waals surface area contributed by atoms with Crippen molar-refractivity contribution in [2.24, 2.45) is 0 Å². The Morgan fingerprint density at radius 3 is 2.62 bits per heavy atom. The van der Waals surface area contributed by atoms with E-state index < -0.39 is 24.8 Å². The predicted molar refractivity (Wildman–Crippen MR) is 93.1 cm³/mol. The van der Waals surface area contributed by atoms with E-state index in [4.69, 9.17) is 14.2 Å². The van der Waals surface area contributed by atoms with Crippen LogP contribution >= 0.6 is 0 Å². The number of fused-ring (bicyclic) bond motifs is 2. The van der Waals surface area contributed by atoms with Gasteiger partial charge in [0.1, 0.15) is 0 Å². The number of rotatable bonds is 6. The Balaban J connectivity index is 1.22. The molecular formula is C19H15F2NO7. The maximum absolute atomic E-state index is 13.0. The van der Waals surface area contributed by atoms with Gasteiger partial charge in [-0.05, 0) is 36.2 Å². The summed E-state index contributed by atoms with van der Waals surface area (Å²) in [6.45, 7) is -0.341. The van der Waals surface area contributed by atoms with Gasteiger partial charge in [0, 0.05) is 18.2 Å². The number of ether oxygens (including phenoxy) is 5. The normalized spacial score (nSPS) is 15.1.